The summed E-state index contributed by atoms with van der Waals surface area (Å²) in [5, 5.41) is 3.18. The lowest BCUT2D eigenvalue weighted by atomic mass is 9.97. The molecule has 1 N–H and O–H groups in total. The fraction of sp³-hybridized carbons (Fsp3) is 0.929. The zero-order chi connectivity index (χ0) is 14.5. The van der Waals surface area contributed by atoms with Crippen LogP contribution >= 0.6 is 0 Å². The van der Waals surface area contributed by atoms with Crippen LogP contribution < -0.4 is 5.32 Å². The van der Waals surface area contributed by atoms with Gasteiger partial charge in [-0.2, -0.15) is 0 Å². The average molecular weight is 271 g/mol. The standard InChI is InChI=1S/C14H29N3O2/c1-15-14(13(18)19-5)8-7-12(11-14)17(4)10-6-9-16(2)3/h12,15H,6-11H2,1-5H3. The Balaban J connectivity index is 2.47. The van der Waals surface area contributed by atoms with Crippen LogP contribution in [0.4, 0.5) is 0 Å². The van der Waals surface area contributed by atoms with Crippen molar-refractivity contribution >= 4 is 5.97 Å². The highest BCUT2D eigenvalue weighted by atomic mass is 16.5. The highest BCUT2D eigenvalue weighted by Gasteiger charge is 2.46. The largest absolute Gasteiger partial charge is 0.468 e. The molecule has 1 fully saturated rings. The Labute approximate surface area is 117 Å². The summed E-state index contributed by atoms with van der Waals surface area (Å²) in [6.07, 6.45) is 3.91. The molecule has 0 radical (unpaired) electrons. The van der Waals surface area contributed by atoms with Crippen molar-refractivity contribution in [2.45, 2.75) is 37.3 Å². The van der Waals surface area contributed by atoms with Crippen LogP contribution in [0.5, 0.6) is 0 Å². The minimum Gasteiger partial charge on any atom is -0.468 e. The summed E-state index contributed by atoms with van der Waals surface area (Å²) in [4.78, 5) is 16.5. The smallest absolute Gasteiger partial charge is 0.326 e. The van der Waals surface area contributed by atoms with Gasteiger partial charge >= 0.3 is 5.97 Å². The van der Waals surface area contributed by atoms with E-state index in [9.17, 15) is 4.79 Å². The lowest BCUT2D eigenvalue weighted by Crippen LogP contribution is -2.50. The highest BCUT2D eigenvalue weighted by molar-refractivity contribution is 5.81. The summed E-state index contributed by atoms with van der Waals surface area (Å²) in [5.41, 5.74) is -0.477. The number of nitrogens with one attached hydrogen (secondary N) is 1. The second kappa shape index (κ2) is 7.22. The molecule has 0 saturated heterocycles. The van der Waals surface area contributed by atoms with E-state index in [0.29, 0.717) is 6.04 Å². The Morgan fingerprint density at radius 3 is 2.58 bits per heavy atom. The SMILES string of the molecule is CNC1(C(=O)OC)CCC(N(C)CCCN(C)C)C1. The fourth-order valence-electron chi connectivity index (χ4n) is 2.92. The second-order valence-corrected chi connectivity index (χ2v) is 5.86. The molecule has 2 unspecified atom stereocenters. The van der Waals surface area contributed by atoms with Crippen molar-refractivity contribution in [3.8, 4) is 0 Å². The van der Waals surface area contributed by atoms with Gasteiger partial charge in [-0.05, 0) is 67.0 Å². The normalized spacial score (nSPS) is 27.2. The summed E-state index contributed by atoms with van der Waals surface area (Å²) in [6.45, 7) is 2.18. The fourth-order valence-corrected chi connectivity index (χ4v) is 2.92. The number of hydrogen-bond acceptors (Lipinski definition) is 5. The molecule has 0 spiro atoms. The van der Waals surface area contributed by atoms with Crippen molar-refractivity contribution in [2.75, 3.05) is 48.4 Å². The van der Waals surface area contributed by atoms with Crippen LogP contribution in [0.15, 0.2) is 0 Å². The van der Waals surface area contributed by atoms with Crippen LogP contribution in [0.25, 0.3) is 0 Å². The van der Waals surface area contributed by atoms with E-state index in [4.69, 9.17) is 4.74 Å². The molecule has 5 heteroatoms. The van der Waals surface area contributed by atoms with Crippen molar-refractivity contribution in [1.82, 2.24) is 15.1 Å². The van der Waals surface area contributed by atoms with Gasteiger partial charge < -0.3 is 19.9 Å². The number of hydrogen-bond donors (Lipinski definition) is 1. The number of carbonyl (C=O) groups excluding carboxylic acids is 1. The monoisotopic (exact) mass is 271 g/mol. The van der Waals surface area contributed by atoms with Gasteiger partial charge in [0.25, 0.3) is 0 Å². The molecule has 112 valence electrons. The molecule has 0 bridgehead atoms. The van der Waals surface area contributed by atoms with Gasteiger partial charge in [-0.25, -0.2) is 0 Å². The first kappa shape index (κ1) is 16.4. The molecule has 5 nitrogen and oxygen atoms in total. The number of esters is 1. The lowest BCUT2D eigenvalue weighted by Gasteiger charge is -2.29. The Kier molecular flexibility index (Phi) is 6.23. The summed E-state index contributed by atoms with van der Waals surface area (Å²) in [6, 6.07) is 0.466. The van der Waals surface area contributed by atoms with E-state index >= 15 is 0 Å². The molecule has 0 aliphatic heterocycles. The zero-order valence-corrected chi connectivity index (χ0v) is 13.0. The van der Waals surface area contributed by atoms with Crippen molar-refractivity contribution in [1.29, 1.82) is 0 Å². The third kappa shape index (κ3) is 4.16. The van der Waals surface area contributed by atoms with Crippen LogP contribution in [0, 0.1) is 0 Å². The van der Waals surface area contributed by atoms with Gasteiger partial charge in [-0.1, -0.05) is 0 Å². The van der Waals surface area contributed by atoms with Crippen LogP contribution in [0.1, 0.15) is 25.7 Å². The van der Waals surface area contributed by atoms with E-state index in [-0.39, 0.29) is 5.97 Å². The maximum Gasteiger partial charge on any atom is 0.326 e. The van der Waals surface area contributed by atoms with Gasteiger partial charge in [0.15, 0.2) is 0 Å². The van der Waals surface area contributed by atoms with Gasteiger partial charge in [0.05, 0.1) is 7.11 Å². The molecule has 1 saturated carbocycles. The van der Waals surface area contributed by atoms with E-state index in [1.165, 1.54) is 7.11 Å². The Bertz CT molecular complexity index is 296. The Hall–Kier alpha value is -0.650. The van der Waals surface area contributed by atoms with E-state index in [1.807, 2.05) is 7.05 Å². The topological polar surface area (TPSA) is 44.8 Å². The molecule has 0 aromatic carbocycles. The first-order chi connectivity index (χ1) is 8.95. The number of rotatable bonds is 7. The maximum atomic E-state index is 11.9. The van der Waals surface area contributed by atoms with Crippen molar-refractivity contribution < 1.29 is 9.53 Å². The lowest BCUT2D eigenvalue weighted by molar-refractivity contribution is -0.148. The van der Waals surface area contributed by atoms with Crippen molar-refractivity contribution in [3.05, 3.63) is 0 Å². The number of ether oxygens (including phenoxy) is 1. The van der Waals surface area contributed by atoms with Crippen LogP contribution in [-0.4, -0.2) is 75.7 Å². The molecule has 1 rings (SSSR count). The van der Waals surface area contributed by atoms with Gasteiger partial charge in [-0.3, -0.25) is 4.79 Å². The zero-order valence-electron chi connectivity index (χ0n) is 13.0. The third-order valence-corrected chi connectivity index (χ3v) is 4.28. The first-order valence-electron chi connectivity index (χ1n) is 7.07. The number of nitrogens with zero attached hydrogens (tertiary/aromatic N) is 2. The summed E-state index contributed by atoms with van der Waals surface area (Å²) >= 11 is 0. The van der Waals surface area contributed by atoms with Crippen LogP contribution in [-0.2, 0) is 9.53 Å². The molecule has 0 amide bonds. The molecule has 0 heterocycles. The molecular formula is C14H29N3O2. The van der Waals surface area contributed by atoms with Crippen LogP contribution in [0.3, 0.4) is 0 Å². The molecular weight excluding hydrogens is 242 g/mol. The van der Waals surface area contributed by atoms with Crippen LogP contribution in [0.2, 0.25) is 0 Å². The van der Waals surface area contributed by atoms with E-state index < -0.39 is 5.54 Å². The quantitative estimate of drug-likeness (QED) is 0.685. The average Bonchev–Trinajstić information content (AvgIpc) is 2.83. The first-order valence-corrected chi connectivity index (χ1v) is 7.07. The molecule has 0 aromatic heterocycles. The van der Waals surface area contributed by atoms with Gasteiger partial charge in [-0.15, -0.1) is 0 Å². The van der Waals surface area contributed by atoms with E-state index in [2.05, 4.69) is 36.3 Å². The predicted molar refractivity (Wildman–Crippen MR) is 77.2 cm³/mol. The Morgan fingerprint density at radius 2 is 2.05 bits per heavy atom. The minimum absolute atomic E-state index is 0.126. The molecule has 1 aliphatic rings. The highest BCUT2D eigenvalue weighted by Crippen LogP contribution is 2.33. The van der Waals surface area contributed by atoms with Gasteiger partial charge in [0.2, 0.25) is 0 Å². The number of likely N-dealkylation sites (N-methyl/N-ethyl adjacent to an activating group) is 1. The number of carbonyl (C=O) groups is 1. The second-order valence-electron chi connectivity index (χ2n) is 5.86. The molecule has 2 atom stereocenters. The summed E-state index contributed by atoms with van der Waals surface area (Å²) < 4.78 is 4.94. The minimum atomic E-state index is -0.477. The van der Waals surface area contributed by atoms with E-state index in [0.717, 1.165) is 38.8 Å². The summed E-state index contributed by atoms with van der Waals surface area (Å²) in [5.74, 6) is -0.126. The van der Waals surface area contributed by atoms with Gasteiger partial charge in [0, 0.05) is 6.04 Å². The third-order valence-electron chi connectivity index (χ3n) is 4.28. The number of methoxy groups -OCH3 is 1. The Morgan fingerprint density at radius 1 is 1.37 bits per heavy atom. The molecule has 0 aromatic rings. The summed E-state index contributed by atoms with van der Waals surface area (Å²) in [7, 11) is 9.67. The van der Waals surface area contributed by atoms with Crippen molar-refractivity contribution in [2.24, 2.45) is 0 Å². The van der Waals surface area contributed by atoms with Gasteiger partial charge in [0.1, 0.15) is 5.54 Å². The van der Waals surface area contributed by atoms with Crippen molar-refractivity contribution in [3.63, 3.8) is 0 Å². The maximum absolute atomic E-state index is 11.9. The molecule has 1 aliphatic carbocycles. The van der Waals surface area contributed by atoms with E-state index in [1.54, 1.807) is 0 Å². The molecule has 19 heavy (non-hydrogen) atoms. The predicted octanol–water partition coefficient (Wildman–Crippen LogP) is 0.554.